The van der Waals surface area contributed by atoms with Crippen LogP contribution < -0.4 is 5.32 Å². The van der Waals surface area contributed by atoms with Crippen LogP contribution in [0.3, 0.4) is 0 Å². The lowest BCUT2D eigenvalue weighted by atomic mass is 10.0. The molecular weight excluding hydrogens is 264 g/mol. The van der Waals surface area contributed by atoms with Crippen LogP contribution >= 0.6 is 0 Å². The summed E-state index contributed by atoms with van der Waals surface area (Å²) >= 11 is 0. The first-order chi connectivity index (χ1) is 10.3. The Morgan fingerprint density at radius 1 is 1.29 bits per heavy atom. The number of rotatable bonds is 7. The predicted molar refractivity (Wildman–Crippen MR) is 83.0 cm³/mol. The van der Waals surface area contributed by atoms with E-state index in [9.17, 15) is 4.79 Å². The Balaban J connectivity index is 2.08. The Kier molecular flexibility index (Phi) is 5.51. The van der Waals surface area contributed by atoms with Gasteiger partial charge in [0.25, 0.3) is 5.91 Å². The number of benzene rings is 1. The first kappa shape index (κ1) is 15.3. The molecule has 1 aromatic heterocycles. The number of likely N-dealkylation sites (N-methyl/N-ethyl adjacent to an activating group) is 1. The fourth-order valence-corrected chi connectivity index (χ4v) is 2.46. The van der Waals surface area contributed by atoms with Crippen molar-refractivity contribution in [3.63, 3.8) is 0 Å². The standard InChI is InChI=1S/C16H22N4O/c1-3-20(4-2)15(13-8-6-5-7-9-13)12-17-16(21)14-10-18-19-11-14/h5-11,15H,3-4,12H2,1-2H3,(H,17,21)(H,18,19). The van der Waals surface area contributed by atoms with Gasteiger partial charge in [-0.1, -0.05) is 44.2 Å². The average molecular weight is 286 g/mol. The van der Waals surface area contributed by atoms with Crippen molar-refractivity contribution in [3.05, 3.63) is 53.9 Å². The molecule has 2 N–H and O–H groups in total. The average Bonchev–Trinajstić information content (AvgIpc) is 3.06. The van der Waals surface area contributed by atoms with Gasteiger partial charge in [-0.05, 0) is 18.7 Å². The van der Waals surface area contributed by atoms with Gasteiger partial charge in [0, 0.05) is 12.7 Å². The van der Waals surface area contributed by atoms with Crippen molar-refractivity contribution in [1.29, 1.82) is 0 Å². The number of carbonyl (C=O) groups is 1. The van der Waals surface area contributed by atoms with E-state index in [0.717, 1.165) is 13.1 Å². The lowest BCUT2D eigenvalue weighted by Crippen LogP contribution is -2.38. The van der Waals surface area contributed by atoms with Crippen molar-refractivity contribution in [2.24, 2.45) is 0 Å². The molecule has 0 bridgehead atoms. The van der Waals surface area contributed by atoms with Gasteiger partial charge in [-0.25, -0.2) is 0 Å². The Morgan fingerprint density at radius 2 is 2.00 bits per heavy atom. The number of nitrogens with one attached hydrogen (secondary N) is 2. The molecule has 0 saturated carbocycles. The summed E-state index contributed by atoms with van der Waals surface area (Å²) in [5.74, 6) is -0.100. The van der Waals surface area contributed by atoms with Crippen LogP contribution in [0.15, 0.2) is 42.7 Å². The Bertz CT molecular complexity index is 535. The zero-order valence-electron chi connectivity index (χ0n) is 12.5. The van der Waals surface area contributed by atoms with Gasteiger partial charge in [-0.2, -0.15) is 5.10 Å². The molecule has 2 rings (SSSR count). The monoisotopic (exact) mass is 286 g/mol. The highest BCUT2D eigenvalue weighted by Crippen LogP contribution is 2.19. The van der Waals surface area contributed by atoms with E-state index >= 15 is 0 Å². The molecule has 0 saturated heterocycles. The third-order valence-electron chi connectivity index (χ3n) is 3.65. The summed E-state index contributed by atoms with van der Waals surface area (Å²) in [5.41, 5.74) is 1.77. The van der Waals surface area contributed by atoms with Gasteiger partial charge in [-0.3, -0.25) is 14.8 Å². The van der Waals surface area contributed by atoms with Crippen molar-refractivity contribution in [2.75, 3.05) is 19.6 Å². The summed E-state index contributed by atoms with van der Waals surface area (Å²) in [4.78, 5) is 14.4. The highest BCUT2D eigenvalue weighted by molar-refractivity contribution is 5.93. The quantitative estimate of drug-likeness (QED) is 0.820. The highest BCUT2D eigenvalue weighted by atomic mass is 16.1. The molecule has 1 atom stereocenters. The third-order valence-corrected chi connectivity index (χ3v) is 3.65. The molecule has 0 aliphatic carbocycles. The molecule has 1 unspecified atom stereocenters. The highest BCUT2D eigenvalue weighted by Gasteiger charge is 2.19. The van der Waals surface area contributed by atoms with E-state index in [0.29, 0.717) is 12.1 Å². The van der Waals surface area contributed by atoms with Crippen LogP contribution in [0.25, 0.3) is 0 Å². The fourth-order valence-electron chi connectivity index (χ4n) is 2.46. The Morgan fingerprint density at radius 3 is 2.57 bits per heavy atom. The van der Waals surface area contributed by atoms with Gasteiger partial charge in [0.2, 0.25) is 0 Å². The van der Waals surface area contributed by atoms with Crippen LogP contribution in [0.5, 0.6) is 0 Å². The maximum absolute atomic E-state index is 12.1. The molecular formula is C16H22N4O. The summed E-state index contributed by atoms with van der Waals surface area (Å²) in [5, 5.41) is 9.45. The number of hydrogen-bond acceptors (Lipinski definition) is 3. The van der Waals surface area contributed by atoms with Crippen LogP contribution in [0.1, 0.15) is 35.8 Å². The lowest BCUT2D eigenvalue weighted by molar-refractivity contribution is 0.0935. The Labute approximate surface area is 125 Å². The summed E-state index contributed by atoms with van der Waals surface area (Å²) in [6.45, 7) is 6.74. The second kappa shape index (κ2) is 7.59. The van der Waals surface area contributed by atoms with Gasteiger partial charge in [0.05, 0.1) is 17.8 Å². The van der Waals surface area contributed by atoms with Crippen molar-refractivity contribution in [1.82, 2.24) is 20.4 Å². The molecule has 21 heavy (non-hydrogen) atoms. The molecule has 1 amide bonds. The molecule has 2 aromatic rings. The second-order valence-electron chi connectivity index (χ2n) is 4.84. The molecule has 0 fully saturated rings. The number of carbonyl (C=O) groups excluding carboxylic acids is 1. The maximum atomic E-state index is 12.1. The molecule has 0 spiro atoms. The van der Waals surface area contributed by atoms with Crippen molar-refractivity contribution >= 4 is 5.91 Å². The van der Waals surface area contributed by atoms with E-state index in [2.05, 4.69) is 46.4 Å². The van der Waals surface area contributed by atoms with E-state index in [1.165, 1.54) is 11.8 Å². The number of amides is 1. The van der Waals surface area contributed by atoms with E-state index in [4.69, 9.17) is 0 Å². The summed E-state index contributed by atoms with van der Waals surface area (Å²) in [6.07, 6.45) is 3.13. The second-order valence-corrected chi connectivity index (χ2v) is 4.84. The third kappa shape index (κ3) is 3.92. The molecule has 0 radical (unpaired) electrons. The molecule has 0 aliphatic rings. The number of nitrogens with zero attached hydrogens (tertiary/aromatic N) is 2. The molecule has 1 heterocycles. The van der Waals surface area contributed by atoms with E-state index < -0.39 is 0 Å². The number of aromatic amines is 1. The molecule has 112 valence electrons. The first-order valence-electron chi connectivity index (χ1n) is 7.32. The predicted octanol–water partition coefficient (Wildman–Crippen LogP) is 2.22. The maximum Gasteiger partial charge on any atom is 0.254 e. The number of aromatic nitrogens is 2. The van der Waals surface area contributed by atoms with Gasteiger partial charge in [-0.15, -0.1) is 0 Å². The Hall–Kier alpha value is -2.14. The number of hydrogen-bond donors (Lipinski definition) is 2. The lowest BCUT2D eigenvalue weighted by Gasteiger charge is -2.30. The molecule has 1 aromatic carbocycles. The normalized spacial score (nSPS) is 12.3. The SMILES string of the molecule is CCN(CC)C(CNC(=O)c1cn[nH]c1)c1ccccc1. The van der Waals surface area contributed by atoms with E-state index in [1.54, 1.807) is 6.20 Å². The van der Waals surface area contributed by atoms with Gasteiger partial charge < -0.3 is 5.32 Å². The van der Waals surface area contributed by atoms with Crippen LogP contribution in [0.2, 0.25) is 0 Å². The number of H-pyrrole nitrogens is 1. The largest absolute Gasteiger partial charge is 0.350 e. The smallest absolute Gasteiger partial charge is 0.254 e. The van der Waals surface area contributed by atoms with Gasteiger partial charge in [0.15, 0.2) is 0 Å². The molecule has 5 heteroatoms. The minimum Gasteiger partial charge on any atom is -0.350 e. The first-order valence-corrected chi connectivity index (χ1v) is 7.32. The van der Waals surface area contributed by atoms with E-state index in [1.807, 2.05) is 18.2 Å². The van der Waals surface area contributed by atoms with Crippen LogP contribution in [0.4, 0.5) is 0 Å². The zero-order valence-corrected chi connectivity index (χ0v) is 12.5. The van der Waals surface area contributed by atoms with E-state index in [-0.39, 0.29) is 11.9 Å². The summed E-state index contributed by atoms with van der Waals surface area (Å²) < 4.78 is 0. The van der Waals surface area contributed by atoms with Crippen molar-refractivity contribution < 1.29 is 4.79 Å². The van der Waals surface area contributed by atoms with Gasteiger partial charge in [0.1, 0.15) is 0 Å². The topological polar surface area (TPSA) is 61.0 Å². The minimum atomic E-state index is -0.100. The molecule has 0 aliphatic heterocycles. The van der Waals surface area contributed by atoms with Crippen LogP contribution in [-0.4, -0.2) is 40.6 Å². The summed E-state index contributed by atoms with van der Waals surface area (Å²) in [7, 11) is 0. The van der Waals surface area contributed by atoms with Crippen molar-refractivity contribution in [3.8, 4) is 0 Å². The van der Waals surface area contributed by atoms with Crippen LogP contribution in [0, 0.1) is 0 Å². The zero-order chi connectivity index (χ0) is 15.1. The summed E-state index contributed by atoms with van der Waals surface area (Å²) in [6, 6.07) is 10.5. The van der Waals surface area contributed by atoms with Crippen LogP contribution in [-0.2, 0) is 0 Å². The fraction of sp³-hybridized carbons (Fsp3) is 0.375. The molecule has 5 nitrogen and oxygen atoms in total. The van der Waals surface area contributed by atoms with Gasteiger partial charge >= 0.3 is 0 Å². The van der Waals surface area contributed by atoms with Crippen molar-refractivity contribution in [2.45, 2.75) is 19.9 Å². The minimum absolute atomic E-state index is 0.100.